The number of amides is 1. The second-order valence-corrected chi connectivity index (χ2v) is 6.32. The molecule has 9 heteroatoms. The number of hydrogen-bond donors (Lipinski definition) is 1. The third kappa shape index (κ3) is 3.99. The molecule has 1 atom stereocenters. The molecule has 134 valence electrons. The maximum absolute atomic E-state index is 12.6. The summed E-state index contributed by atoms with van der Waals surface area (Å²) in [5.41, 5.74) is -0.320. The number of nitroso groups, excluding NO2 is 1. The van der Waals surface area contributed by atoms with Crippen LogP contribution in [0.1, 0.15) is 23.2 Å². The molecule has 2 heterocycles. The van der Waals surface area contributed by atoms with Crippen molar-refractivity contribution in [3.63, 3.8) is 0 Å². The van der Waals surface area contributed by atoms with Gasteiger partial charge in [0.1, 0.15) is 0 Å². The quantitative estimate of drug-likeness (QED) is 0.593. The van der Waals surface area contributed by atoms with E-state index in [1.165, 1.54) is 17.3 Å². The molecule has 0 aliphatic carbocycles. The zero-order valence-electron chi connectivity index (χ0n) is 13.8. The summed E-state index contributed by atoms with van der Waals surface area (Å²) in [7, 11) is 0. The molecule has 0 spiro atoms. The minimum Gasteiger partial charge on any atom is -0.377 e. The number of rotatable bonds is 5. The molecular formula is C16H21N4O5+. The summed E-state index contributed by atoms with van der Waals surface area (Å²) in [5, 5.41) is 12.6. The highest BCUT2D eigenvalue weighted by Gasteiger charge is 2.28. The molecule has 0 bridgehead atoms. The SMILES string of the molecule is O=[NH+]c1ccc(C(=O)N2CCN(CC3CCCO3)CC2)cc1[N+](=O)[O-]. The molecule has 1 unspecified atom stereocenters. The van der Waals surface area contributed by atoms with Gasteiger partial charge in [-0.15, -0.1) is 0 Å². The standard InChI is InChI=1S/C16H20N4O5/c21-16(12-3-4-14(17-22)15(10-12)20(23)24)19-7-5-18(6-8-19)11-13-2-1-9-25-13/h3-4,10,13H,1-2,5-9,11H2/p+1. The predicted octanol–water partition coefficient (Wildman–Crippen LogP) is 0.0101. The van der Waals surface area contributed by atoms with Gasteiger partial charge in [-0.25, -0.2) is 0 Å². The van der Waals surface area contributed by atoms with Gasteiger partial charge in [-0.3, -0.25) is 19.8 Å². The number of benzene rings is 1. The molecule has 3 rings (SSSR count). The van der Waals surface area contributed by atoms with Gasteiger partial charge in [0.15, 0.2) is 0 Å². The van der Waals surface area contributed by atoms with E-state index in [9.17, 15) is 19.8 Å². The van der Waals surface area contributed by atoms with Gasteiger partial charge in [-0.2, -0.15) is 0 Å². The van der Waals surface area contributed by atoms with Gasteiger partial charge in [0.2, 0.25) is 0 Å². The van der Waals surface area contributed by atoms with Crippen molar-refractivity contribution in [3.05, 3.63) is 38.8 Å². The first-order chi connectivity index (χ1) is 12.1. The first-order valence-corrected chi connectivity index (χ1v) is 8.38. The molecule has 1 amide bonds. The largest absolute Gasteiger partial charge is 0.377 e. The van der Waals surface area contributed by atoms with Gasteiger partial charge in [0.25, 0.3) is 5.91 Å². The van der Waals surface area contributed by atoms with Gasteiger partial charge in [-0.05, 0) is 18.9 Å². The van der Waals surface area contributed by atoms with Crippen LogP contribution in [-0.2, 0) is 4.74 Å². The minimum atomic E-state index is -0.670. The lowest BCUT2D eigenvalue weighted by Gasteiger charge is -2.35. The smallest absolute Gasteiger partial charge is 0.345 e. The Morgan fingerprint density at radius 2 is 2.08 bits per heavy atom. The maximum Gasteiger partial charge on any atom is 0.345 e. The van der Waals surface area contributed by atoms with E-state index in [2.05, 4.69) is 4.90 Å². The number of nitrogens with one attached hydrogen (secondary N) is 1. The number of carbonyl (C=O) groups is 1. The second-order valence-electron chi connectivity index (χ2n) is 6.32. The van der Waals surface area contributed by atoms with Crippen LogP contribution in [0, 0.1) is 15.0 Å². The van der Waals surface area contributed by atoms with Crippen molar-refractivity contribution in [2.24, 2.45) is 0 Å². The van der Waals surface area contributed by atoms with E-state index in [0.29, 0.717) is 13.1 Å². The van der Waals surface area contributed by atoms with Gasteiger partial charge >= 0.3 is 11.4 Å². The average molecular weight is 349 g/mol. The molecule has 25 heavy (non-hydrogen) atoms. The molecule has 1 N–H and O–H groups in total. The molecule has 1 aromatic carbocycles. The summed E-state index contributed by atoms with van der Waals surface area (Å²) < 4.78 is 5.64. The number of ether oxygens (including phenoxy) is 1. The van der Waals surface area contributed by atoms with Crippen LogP contribution in [0.4, 0.5) is 11.4 Å². The molecular weight excluding hydrogens is 328 g/mol. The van der Waals surface area contributed by atoms with Crippen molar-refractivity contribution in [1.29, 1.82) is 0 Å². The van der Waals surface area contributed by atoms with E-state index >= 15 is 0 Å². The lowest BCUT2D eigenvalue weighted by Crippen LogP contribution is -2.56. The van der Waals surface area contributed by atoms with Crippen molar-refractivity contribution in [2.75, 3.05) is 39.3 Å². The summed E-state index contributed by atoms with van der Waals surface area (Å²) in [6.07, 6.45) is 2.48. The fraction of sp³-hybridized carbons (Fsp3) is 0.562. The Kier molecular flexibility index (Phi) is 5.34. The van der Waals surface area contributed by atoms with E-state index in [1.54, 1.807) is 4.90 Å². The van der Waals surface area contributed by atoms with Crippen molar-refractivity contribution < 1.29 is 19.6 Å². The summed E-state index contributed by atoms with van der Waals surface area (Å²) in [6.45, 7) is 4.37. The van der Waals surface area contributed by atoms with Crippen molar-refractivity contribution >= 4 is 17.3 Å². The third-order valence-electron chi connectivity index (χ3n) is 4.70. The fourth-order valence-electron chi connectivity index (χ4n) is 3.29. The highest BCUT2D eigenvalue weighted by molar-refractivity contribution is 5.95. The number of piperazine rings is 1. The molecule has 2 aliphatic rings. The van der Waals surface area contributed by atoms with Crippen LogP contribution in [0.5, 0.6) is 0 Å². The summed E-state index contributed by atoms with van der Waals surface area (Å²) in [5.74, 6) is -0.252. The lowest BCUT2D eigenvalue weighted by molar-refractivity contribution is -0.421. The molecule has 2 saturated heterocycles. The first-order valence-electron chi connectivity index (χ1n) is 8.38. The van der Waals surface area contributed by atoms with E-state index in [1.807, 2.05) is 0 Å². The summed E-state index contributed by atoms with van der Waals surface area (Å²) >= 11 is 0. The van der Waals surface area contributed by atoms with Gasteiger partial charge in [0.05, 0.1) is 11.0 Å². The molecule has 0 radical (unpaired) electrons. The number of nitro groups is 1. The highest BCUT2D eigenvalue weighted by Crippen LogP contribution is 2.22. The zero-order valence-corrected chi connectivity index (χ0v) is 13.8. The number of nitrogens with zero attached hydrogens (tertiary/aromatic N) is 3. The van der Waals surface area contributed by atoms with E-state index < -0.39 is 10.6 Å². The Balaban J connectivity index is 1.61. The van der Waals surface area contributed by atoms with Gasteiger partial charge < -0.3 is 9.64 Å². The fourth-order valence-corrected chi connectivity index (χ4v) is 3.29. The minimum absolute atomic E-state index is 0.150. The Hall–Kier alpha value is -2.39. The Morgan fingerprint density at radius 3 is 2.68 bits per heavy atom. The molecule has 0 saturated carbocycles. The van der Waals surface area contributed by atoms with E-state index in [4.69, 9.17) is 4.74 Å². The van der Waals surface area contributed by atoms with Crippen LogP contribution in [0.3, 0.4) is 0 Å². The Bertz CT molecular complexity index is 666. The average Bonchev–Trinajstić information content (AvgIpc) is 3.14. The topological polar surface area (TPSA) is 107 Å². The van der Waals surface area contributed by atoms with Crippen LogP contribution in [0.25, 0.3) is 0 Å². The first kappa shape index (κ1) is 17.4. The third-order valence-corrected chi connectivity index (χ3v) is 4.70. The monoisotopic (exact) mass is 349 g/mol. The maximum atomic E-state index is 12.6. The number of nitro benzene ring substituents is 1. The van der Waals surface area contributed by atoms with Crippen molar-refractivity contribution in [1.82, 2.24) is 9.80 Å². The molecule has 0 aromatic heterocycles. The zero-order chi connectivity index (χ0) is 17.8. The summed E-state index contributed by atoms with van der Waals surface area (Å²) in [6, 6.07) is 3.86. The molecule has 9 nitrogen and oxygen atoms in total. The van der Waals surface area contributed by atoms with Gasteiger partial charge in [0, 0.05) is 67.1 Å². The molecule has 2 aliphatic heterocycles. The van der Waals surface area contributed by atoms with Crippen LogP contribution in [0.15, 0.2) is 18.2 Å². The van der Waals surface area contributed by atoms with E-state index in [-0.39, 0.29) is 23.3 Å². The Labute approximate surface area is 144 Å². The van der Waals surface area contributed by atoms with E-state index in [0.717, 1.165) is 45.1 Å². The Morgan fingerprint density at radius 1 is 1.32 bits per heavy atom. The number of carbonyl (C=O) groups excluding carboxylic acids is 1. The predicted molar refractivity (Wildman–Crippen MR) is 88.4 cm³/mol. The van der Waals surface area contributed by atoms with Crippen molar-refractivity contribution in [3.8, 4) is 0 Å². The van der Waals surface area contributed by atoms with Crippen LogP contribution in [0.2, 0.25) is 0 Å². The van der Waals surface area contributed by atoms with Crippen LogP contribution >= 0.6 is 0 Å². The summed E-state index contributed by atoms with van der Waals surface area (Å²) in [4.78, 5) is 37.7. The number of hydrogen-bond acceptors (Lipinski definition) is 6. The highest BCUT2D eigenvalue weighted by atomic mass is 16.6. The van der Waals surface area contributed by atoms with Crippen LogP contribution in [-0.4, -0.2) is 66.1 Å². The molecule has 1 aromatic rings. The molecule has 2 fully saturated rings. The normalized spacial score (nSPS) is 21.3. The van der Waals surface area contributed by atoms with Crippen LogP contribution < -0.4 is 5.18 Å². The van der Waals surface area contributed by atoms with Crippen molar-refractivity contribution in [2.45, 2.75) is 18.9 Å². The van der Waals surface area contributed by atoms with Gasteiger partial charge in [-0.1, -0.05) is 0 Å². The second kappa shape index (κ2) is 7.66. The lowest BCUT2D eigenvalue weighted by atomic mass is 10.1.